The number of aryl methyl sites for hydroxylation is 1. The van der Waals surface area contributed by atoms with E-state index >= 15 is 0 Å². The first-order valence-electron chi connectivity index (χ1n) is 6.03. The van der Waals surface area contributed by atoms with Crippen molar-refractivity contribution in [2.24, 2.45) is 5.92 Å². The molecule has 1 aromatic carbocycles. The van der Waals surface area contributed by atoms with E-state index in [0.29, 0.717) is 5.92 Å². The van der Waals surface area contributed by atoms with Crippen LogP contribution in [0.4, 0.5) is 0 Å². The van der Waals surface area contributed by atoms with Gasteiger partial charge >= 0.3 is 0 Å². The summed E-state index contributed by atoms with van der Waals surface area (Å²) in [6, 6.07) is 8.40. The maximum Gasteiger partial charge on any atom is 0.225 e. The first-order chi connectivity index (χ1) is 7.68. The van der Waals surface area contributed by atoms with E-state index < -0.39 is 0 Å². The Labute approximate surface area is 98.1 Å². The van der Waals surface area contributed by atoms with E-state index in [4.69, 9.17) is 0 Å². The summed E-state index contributed by atoms with van der Waals surface area (Å²) in [7, 11) is 0. The van der Waals surface area contributed by atoms with E-state index in [9.17, 15) is 4.79 Å². The second kappa shape index (κ2) is 5.69. The summed E-state index contributed by atoms with van der Waals surface area (Å²) in [6.45, 7) is 9.03. The minimum Gasteiger partial charge on any atom is -0.355 e. The van der Waals surface area contributed by atoms with Gasteiger partial charge in [0.1, 0.15) is 0 Å². The van der Waals surface area contributed by atoms with Crippen molar-refractivity contribution < 1.29 is 4.79 Å². The predicted molar refractivity (Wildman–Crippen MR) is 67.4 cm³/mol. The lowest BCUT2D eigenvalue weighted by atomic mass is 9.83. The molecule has 0 saturated carbocycles. The number of hydrogen-bond acceptors (Lipinski definition) is 1. The molecule has 0 aromatic heterocycles. The fourth-order valence-electron chi connectivity index (χ4n) is 1.89. The third-order valence-electron chi connectivity index (χ3n) is 3.00. The Morgan fingerprint density at radius 1 is 1.38 bits per heavy atom. The fourth-order valence-corrected chi connectivity index (χ4v) is 1.89. The Morgan fingerprint density at radius 3 is 2.50 bits per heavy atom. The molecule has 88 valence electrons. The number of benzene rings is 1. The molecule has 0 radical (unpaired) electrons. The lowest BCUT2D eigenvalue weighted by molar-refractivity contribution is -0.131. The van der Waals surface area contributed by atoms with Crippen LogP contribution < -0.4 is 5.32 Å². The van der Waals surface area contributed by atoms with Crippen molar-refractivity contribution >= 4 is 5.91 Å². The molecule has 0 spiro atoms. The highest BCUT2D eigenvalue weighted by atomic mass is 16.2. The largest absolute Gasteiger partial charge is 0.355 e. The third-order valence-corrected chi connectivity index (χ3v) is 3.00. The van der Waals surface area contributed by atoms with Crippen LogP contribution in [0, 0.1) is 12.8 Å². The number of β-lactam (4-membered cyclic amide) rings is 1. The average Bonchev–Trinajstić information content (AvgIpc) is 2.29. The first-order valence-corrected chi connectivity index (χ1v) is 6.03. The molecule has 1 heterocycles. The number of rotatable bonds is 2. The van der Waals surface area contributed by atoms with Gasteiger partial charge in [0.15, 0.2) is 0 Å². The number of carbonyl (C=O) groups is 1. The Kier molecular flexibility index (Phi) is 4.53. The molecular weight excluding hydrogens is 198 g/mol. The van der Waals surface area contributed by atoms with E-state index in [1.807, 2.05) is 13.8 Å². The molecule has 1 saturated heterocycles. The normalized spacial score (nSPS) is 20.0. The standard InChI is InChI=1S/C12H15NO.C2H6/c1-8-4-3-5-10(6-8)9(2)11-7-13-12(11)14;1-2/h3-6,9,11H,7H2,1-2H3,(H,13,14);1-2H3. The van der Waals surface area contributed by atoms with Crippen molar-refractivity contribution in [1.29, 1.82) is 0 Å². The Bertz CT molecular complexity index is 360. The maximum atomic E-state index is 11.2. The smallest absolute Gasteiger partial charge is 0.225 e. The highest BCUT2D eigenvalue weighted by Crippen LogP contribution is 2.28. The molecule has 1 aromatic rings. The lowest BCUT2D eigenvalue weighted by Gasteiger charge is -2.31. The van der Waals surface area contributed by atoms with Crippen LogP contribution in [0.25, 0.3) is 0 Å². The topological polar surface area (TPSA) is 29.1 Å². The average molecular weight is 219 g/mol. The van der Waals surface area contributed by atoms with Gasteiger partial charge in [0, 0.05) is 6.54 Å². The highest BCUT2D eigenvalue weighted by Gasteiger charge is 2.33. The minimum atomic E-state index is 0.178. The van der Waals surface area contributed by atoms with Crippen LogP contribution in [0.3, 0.4) is 0 Å². The van der Waals surface area contributed by atoms with E-state index in [0.717, 1.165) is 6.54 Å². The number of carbonyl (C=O) groups excluding carboxylic acids is 1. The Morgan fingerprint density at radius 2 is 2.06 bits per heavy atom. The van der Waals surface area contributed by atoms with Crippen molar-refractivity contribution in [3.63, 3.8) is 0 Å². The molecular formula is C14H21NO. The zero-order valence-electron chi connectivity index (χ0n) is 10.6. The fraction of sp³-hybridized carbons (Fsp3) is 0.500. The molecule has 0 bridgehead atoms. The number of nitrogens with one attached hydrogen (secondary N) is 1. The molecule has 2 heteroatoms. The zero-order valence-corrected chi connectivity index (χ0v) is 10.6. The van der Waals surface area contributed by atoms with Gasteiger partial charge in [-0.1, -0.05) is 50.6 Å². The van der Waals surface area contributed by atoms with Crippen molar-refractivity contribution in [2.45, 2.75) is 33.6 Å². The van der Waals surface area contributed by atoms with Crippen LogP contribution in [0.1, 0.15) is 37.8 Å². The van der Waals surface area contributed by atoms with Crippen LogP contribution >= 0.6 is 0 Å². The third kappa shape index (κ3) is 2.63. The van der Waals surface area contributed by atoms with Gasteiger partial charge in [-0.25, -0.2) is 0 Å². The van der Waals surface area contributed by atoms with Crippen molar-refractivity contribution in [1.82, 2.24) is 5.32 Å². The predicted octanol–water partition coefficient (Wildman–Crippen LogP) is 2.87. The quantitative estimate of drug-likeness (QED) is 0.761. The first kappa shape index (κ1) is 12.8. The summed E-state index contributed by atoms with van der Waals surface area (Å²) in [4.78, 5) is 11.2. The van der Waals surface area contributed by atoms with Crippen LogP contribution in [-0.2, 0) is 4.79 Å². The summed E-state index contributed by atoms with van der Waals surface area (Å²) >= 11 is 0. The SMILES string of the molecule is CC.Cc1cccc(C(C)C2CNC2=O)c1. The summed E-state index contributed by atoms with van der Waals surface area (Å²) in [5.74, 6) is 0.708. The van der Waals surface area contributed by atoms with Gasteiger partial charge in [0.2, 0.25) is 5.91 Å². The van der Waals surface area contributed by atoms with Crippen molar-refractivity contribution in [2.75, 3.05) is 6.54 Å². The van der Waals surface area contributed by atoms with Gasteiger partial charge in [-0.2, -0.15) is 0 Å². The zero-order chi connectivity index (χ0) is 12.1. The van der Waals surface area contributed by atoms with Gasteiger partial charge < -0.3 is 5.32 Å². The van der Waals surface area contributed by atoms with Gasteiger partial charge in [-0.05, 0) is 18.4 Å². The Hall–Kier alpha value is -1.31. The molecule has 1 aliphatic rings. The van der Waals surface area contributed by atoms with Crippen LogP contribution in [-0.4, -0.2) is 12.5 Å². The molecule has 1 fully saturated rings. The van der Waals surface area contributed by atoms with E-state index in [-0.39, 0.29) is 11.8 Å². The Balaban J connectivity index is 0.000000606. The number of amides is 1. The molecule has 16 heavy (non-hydrogen) atoms. The van der Waals surface area contributed by atoms with Gasteiger partial charge in [-0.3, -0.25) is 4.79 Å². The maximum absolute atomic E-state index is 11.2. The van der Waals surface area contributed by atoms with Gasteiger partial charge in [0.05, 0.1) is 5.92 Å². The molecule has 1 amide bonds. The summed E-state index contributed by atoms with van der Waals surface area (Å²) < 4.78 is 0. The molecule has 0 aliphatic carbocycles. The molecule has 2 rings (SSSR count). The lowest BCUT2D eigenvalue weighted by Crippen LogP contribution is -2.50. The minimum absolute atomic E-state index is 0.178. The second-order valence-electron chi connectivity index (χ2n) is 4.05. The molecule has 2 atom stereocenters. The second-order valence-corrected chi connectivity index (χ2v) is 4.05. The highest BCUT2D eigenvalue weighted by molar-refractivity contribution is 5.85. The summed E-state index contributed by atoms with van der Waals surface area (Å²) in [6.07, 6.45) is 0. The van der Waals surface area contributed by atoms with Crippen LogP contribution in [0.5, 0.6) is 0 Å². The molecule has 2 unspecified atom stereocenters. The molecule has 1 N–H and O–H groups in total. The van der Waals surface area contributed by atoms with Crippen LogP contribution in [0.15, 0.2) is 24.3 Å². The summed E-state index contributed by atoms with van der Waals surface area (Å²) in [5.41, 5.74) is 2.53. The monoisotopic (exact) mass is 219 g/mol. The molecule has 1 aliphatic heterocycles. The van der Waals surface area contributed by atoms with E-state index in [1.54, 1.807) is 0 Å². The van der Waals surface area contributed by atoms with Crippen molar-refractivity contribution in [3.8, 4) is 0 Å². The molecule has 2 nitrogen and oxygen atoms in total. The van der Waals surface area contributed by atoms with Gasteiger partial charge in [-0.15, -0.1) is 0 Å². The van der Waals surface area contributed by atoms with E-state index in [2.05, 4.69) is 43.4 Å². The van der Waals surface area contributed by atoms with Gasteiger partial charge in [0.25, 0.3) is 0 Å². The van der Waals surface area contributed by atoms with Crippen LogP contribution in [0.2, 0.25) is 0 Å². The summed E-state index contributed by atoms with van der Waals surface area (Å²) in [5, 5.41) is 2.78. The van der Waals surface area contributed by atoms with E-state index in [1.165, 1.54) is 11.1 Å². The number of hydrogen-bond donors (Lipinski definition) is 1. The van der Waals surface area contributed by atoms with Crippen molar-refractivity contribution in [3.05, 3.63) is 35.4 Å².